The van der Waals surface area contributed by atoms with Crippen LogP contribution in [0.2, 0.25) is 0 Å². The van der Waals surface area contributed by atoms with Crippen LogP contribution in [0.5, 0.6) is 17.2 Å². The van der Waals surface area contributed by atoms with Crippen LogP contribution in [0, 0.1) is 5.92 Å². The van der Waals surface area contributed by atoms with Crippen LogP contribution in [0.25, 0.3) is 0 Å². The van der Waals surface area contributed by atoms with Crippen LogP contribution in [0.3, 0.4) is 0 Å². The normalized spacial score (nSPS) is 20.5. The lowest BCUT2D eigenvalue weighted by Gasteiger charge is -2.27. The average molecular weight is 323 g/mol. The molecule has 2 rings (SSSR count). The molecule has 2 atom stereocenters. The second-order valence-electron chi connectivity index (χ2n) is 5.23. The van der Waals surface area contributed by atoms with Gasteiger partial charge in [-0.3, -0.25) is 9.59 Å². The topological polar surface area (TPSA) is 85.3 Å². The van der Waals surface area contributed by atoms with Crippen molar-refractivity contribution < 1.29 is 28.9 Å². The Hall–Kier alpha value is -2.44. The maximum Gasteiger partial charge on any atom is 0.309 e. The van der Waals surface area contributed by atoms with Gasteiger partial charge in [-0.25, -0.2) is 0 Å². The number of carboxylic acid groups (broad SMARTS) is 1. The Balaban J connectivity index is 2.57. The lowest BCUT2D eigenvalue weighted by atomic mass is 9.93. The van der Waals surface area contributed by atoms with Gasteiger partial charge in [-0.05, 0) is 24.6 Å². The molecule has 1 fully saturated rings. The molecule has 1 saturated heterocycles. The Bertz CT molecular complexity index is 590. The van der Waals surface area contributed by atoms with Gasteiger partial charge >= 0.3 is 5.97 Å². The number of likely N-dealkylation sites (tertiary alicyclic amines) is 1. The highest BCUT2D eigenvalue weighted by atomic mass is 16.5. The van der Waals surface area contributed by atoms with E-state index in [2.05, 4.69) is 0 Å². The van der Waals surface area contributed by atoms with Crippen molar-refractivity contribution in [3.05, 3.63) is 17.7 Å². The van der Waals surface area contributed by atoms with Gasteiger partial charge in [0.2, 0.25) is 11.7 Å². The number of carboxylic acids is 1. The molecule has 0 spiro atoms. The molecule has 0 unspecified atom stereocenters. The van der Waals surface area contributed by atoms with Crippen molar-refractivity contribution in [2.24, 2.45) is 5.92 Å². The quantitative estimate of drug-likeness (QED) is 0.858. The van der Waals surface area contributed by atoms with Crippen molar-refractivity contribution in [1.82, 2.24) is 4.90 Å². The van der Waals surface area contributed by atoms with Gasteiger partial charge in [-0.2, -0.15) is 0 Å². The Morgan fingerprint density at radius 2 is 1.78 bits per heavy atom. The first kappa shape index (κ1) is 16.9. The molecule has 23 heavy (non-hydrogen) atoms. The first-order chi connectivity index (χ1) is 11.0. The Morgan fingerprint density at radius 3 is 2.17 bits per heavy atom. The average Bonchev–Trinajstić information content (AvgIpc) is 2.89. The van der Waals surface area contributed by atoms with Gasteiger partial charge in [0.1, 0.15) is 0 Å². The van der Waals surface area contributed by atoms with Crippen LogP contribution in [0.1, 0.15) is 24.9 Å². The van der Waals surface area contributed by atoms with Crippen LogP contribution >= 0.6 is 0 Å². The predicted molar refractivity (Wildman–Crippen MR) is 82.0 cm³/mol. The number of nitrogens with zero attached hydrogens (tertiary/aromatic N) is 1. The summed E-state index contributed by atoms with van der Waals surface area (Å²) < 4.78 is 15.9. The second kappa shape index (κ2) is 6.76. The van der Waals surface area contributed by atoms with Gasteiger partial charge in [-0.1, -0.05) is 0 Å². The maximum absolute atomic E-state index is 12.1. The lowest BCUT2D eigenvalue weighted by molar-refractivity contribution is -0.142. The van der Waals surface area contributed by atoms with Gasteiger partial charge in [-0.15, -0.1) is 0 Å². The van der Waals surface area contributed by atoms with Crippen molar-refractivity contribution in [1.29, 1.82) is 0 Å². The van der Waals surface area contributed by atoms with Crippen LogP contribution in [-0.2, 0) is 9.59 Å². The lowest BCUT2D eigenvalue weighted by Crippen LogP contribution is -2.30. The summed E-state index contributed by atoms with van der Waals surface area (Å²) in [5, 5.41) is 9.46. The molecule has 1 heterocycles. The number of hydrogen-bond acceptors (Lipinski definition) is 5. The first-order valence-electron chi connectivity index (χ1n) is 7.30. The molecule has 0 aliphatic carbocycles. The third kappa shape index (κ3) is 2.91. The summed E-state index contributed by atoms with van der Waals surface area (Å²) in [6.45, 7) is 2.26. The summed E-state index contributed by atoms with van der Waals surface area (Å²) in [5.41, 5.74) is 0.652. The molecular weight excluding hydrogens is 302 g/mol. The number of benzene rings is 1. The Morgan fingerprint density at radius 1 is 1.22 bits per heavy atom. The maximum atomic E-state index is 12.1. The number of hydrogen-bond donors (Lipinski definition) is 1. The molecule has 126 valence electrons. The summed E-state index contributed by atoms with van der Waals surface area (Å²) >= 11 is 0. The third-order valence-electron chi connectivity index (χ3n) is 4.12. The molecule has 1 aromatic rings. The fraction of sp³-hybridized carbons (Fsp3) is 0.500. The van der Waals surface area contributed by atoms with Gasteiger partial charge in [0.15, 0.2) is 11.5 Å². The molecule has 0 saturated carbocycles. The van der Waals surface area contributed by atoms with Gasteiger partial charge in [0.05, 0.1) is 33.3 Å². The van der Waals surface area contributed by atoms with E-state index in [4.69, 9.17) is 14.2 Å². The number of amides is 1. The molecule has 1 amide bonds. The first-order valence-corrected chi connectivity index (χ1v) is 7.30. The van der Waals surface area contributed by atoms with Crippen LogP contribution < -0.4 is 14.2 Å². The van der Waals surface area contributed by atoms with Crippen molar-refractivity contribution in [3.8, 4) is 17.2 Å². The second-order valence-corrected chi connectivity index (χ2v) is 5.23. The number of rotatable bonds is 6. The van der Waals surface area contributed by atoms with E-state index in [0.717, 1.165) is 0 Å². The van der Waals surface area contributed by atoms with Crippen molar-refractivity contribution in [3.63, 3.8) is 0 Å². The summed E-state index contributed by atoms with van der Waals surface area (Å²) in [7, 11) is 4.48. The molecule has 1 aliphatic heterocycles. The van der Waals surface area contributed by atoms with E-state index in [1.165, 1.54) is 21.3 Å². The van der Waals surface area contributed by atoms with Crippen molar-refractivity contribution >= 4 is 11.9 Å². The molecule has 0 bridgehead atoms. The van der Waals surface area contributed by atoms with Gasteiger partial charge in [0, 0.05) is 13.0 Å². The smallest absolute Gasteiger partial charge is 0.309 e. The van der Waals surface area contributed by atoms with E-state index in [-0.39, 0.29) is 12.3 Å². The van der Waals surface area contributed by atoms with Gasteiger partial charge in [0.25, 0.3) is 0 Å². The fourth-order valence-corrected chi connectivity index (χ4v) is 3.07. The number of aliphatic carboxylic acids is 1. The molecule has 1 aromatic carbocycles. The molecule has 0 radical (unpaired) electrons. The summed E-state index contributed by atoms with van der Waals surface area (Å²) in [4.78, 5) is 25.2. The number of methoxy groups -OCH3 is 3. The summed E-state index contributed by atoms with van der Waals surface area (Å²) in [5.74, 6) is -0.669. The minimum Gasteiger partial charge on any atom is -0.493 e. The molecule has 1 N–H and O–H groups in total. The zero-order valence-electron chi connectivity index (χ0n) is 13.7. The Kier molecular flexibility index (Phi) is 4.98. The standard InChI is InChI=1S/C16H21NO6/c1-5-17-13(18)8-10(16(19)20)14(17)9-6-11(21-2)15(23-4)12(7-9)22-3/h6-7,10,14H,5,8H2,1-4H3,(H,19,20)/t10-,14+/m1/s1. The third-order valence-corrected chi connectivity index (χ3v) is 4.12. The highest BCUT2D eigenvalue weighted by Gasteiger charge is 2.44. The van der Waals surface area contributed by atoms with Crippen LogP contribution in [0.15, 0.2) is 12.1 Å². The Labute approximate surface area is 134 Å². The molecule has 0 aromatic heterocycles. The molecule has 7 heteroatoms. The highest BCUT2D eigenvalue weighted by Crippen LogP contribution is 2.45. The van der Waals surface area contributed by atoms with Gasteiger partial charge < -0.3 is 24.2 Å². The monoisotopic (exact) mass is 323 g/mol. The zero-order valence-corrected chi connectivity index (χ0v) is 13.7. The summed E-state index contributed by atoms with van der Waals surface area (Å²) in [6.07, 6.45) is -0.00942. The van der Waals surface area contributed by atoms with Crippen LogP contribution in [0.4, 0.5) is 0 Å². The number of ether oxygens (including phenoxy) is 3. The molecular formula is C16H21NO6. The fourth-order valence-electron chi connectivity index (χ4n) is 3.07. The number of carbonyl (C=O) groups excluding carboxylic acids is 1. The minimum atomic E-state index is -0.993. The van der Waals surface area contributed by atoms with E-state index in [1.54, 1.807) is 17.0 Å². The number of carbonyl (C=O) groups is 2. The summed E-state index contributed by atoms with van der Waals surface area (Å²) in [6, 6.07) is 2.84. The zero-order chi connectivity index (χ0) is 17.1. The highest BCUT2D eigenvalue weighted by molar-refractivity contribution is 5.87. The van der Waals surface area contributed by atoms with E-state index in [1.807, 2.05) is 6.92 Å². The van der Waals surface area contributed by atoms with E-state index >= 15 is 0 Å². The molecule has 1 aliphatic rings. The SMILES string of the molecule is CCN1C(=O)C[C@@H](C(=O)O)[C@@H]1c1cc(OC)c(OC)c(OC)c1. The van der Waals surface area contributed by atoms with E-state index in [0.29, 0.717) is 29.4 Å². The van der Waals surface area contributed by atoms with E-state index in [9.17, 15) is 14.7 Å². The molecule has 7 nitrogen and oxygen atoms in total. The predicted octanol–water partition coefficient (Wildman–Crippen LogP) is 1.71. The van der Waals surface area contributed by atoms with Crippen LogP contribution in [-0.4, -0.2) is 49.8 Å². The largest absolute Gasteiger partial charge is 0.493 e. The van der Waals surface area contributed by atoms with Crippen molar-refractivity contribution in [2.45, 2.75) is 19.4 Å². The van der Waals surface area contributed by atoms with E-state index < -0.39 is 17.9 Å². The van der Waals surface area contributed by atoms with Crippen molar-refractivity contribution in [2.75, 3.05) is 27.9 Å². The minimum absolute atomic E-state index is 0.00942.